The highest BCUT2D eigenvalue weighted by Gasteiger charge is 2.33. The maximum Gasteiger partial charge on any atom is 0.238 e. The number of hydrogen-bond donors (Lipinski definition) is 1. The first-order valence-electron chi connectivity index (χ1n) is 7.84. The van der Waals surface area contributed by atoms with Crippen molar-refractivity contribution in [1.82, 2.24) is 10.2 Å². The quantitative estimate of drug-likeness (QED) is 0.836. The minimum Gasteiger partial charge on any atom is -0.325 e. The molecule has 3 rings (SSSR count). The van der Waals surface area contributed by atoms with Gasteiger partial charge in [-0.05, 0) is 30.5 Å². The summed E-state index contributed by atoms with van der Waals surface area (Å²) in [5.74, 6) is 0.0806. The van der Waals surface area contributed by atoms with Gasteiger partial charge in [-0.1, -0.05) is 65.3 Å². The second-order valence-electron chi connectivity index (χ2n) is 5.82. The number of nitrogens with zero attached hydrogens (tertiary/aromatic N) is 1. The lowest BCUT2D eigenvalue weighted by atomic mass is 9.91. The Bertz CT molecular complexity index is 609. The number of benzene rings is 1. The number of carbonyl (C=O) groups is 1. The van der Waals surface area contributed by atoms with Crippen LogP contribution in [0, 0.1) is 0 Å². The van der Waals surface area contributed by atoms with Gasteiger partial charge >= 0.3 is 0 Å². The van der Waals surface area contributed by atoms with Crippen molar-refractivity contribution in [2.24, 2.45) is 0 Å². The van der Waals surface area contributed by atoms with Gasteiger partial charge in [0.15, 0.2) is 0 Å². The summed E-state index contributed by atoms with van der Waals surface area (Å²) in [6.45, 7) is 3.50. The van der Waals surface area contributed by atoms with E-state index in [1.165, 1.54) is 11.1 Å². The molecule has 0 aromatic heterocycles. The molecule has 2 unspecified atom stereocenters. The molecule has 22 heavy (non-hydrogen) atoms. The van der Waals surface area contributed by atoms with Gasteiger partial charge in [0.2, 0.25) is 5.91 Å². The van der Waals surface area contributed by atoms with Crippen molar-refractivity contribution in [2.45, 2.75) is 30.6 Å². The van der Waals surface area contributed by atoms with Gasteiger partial charge in [-0.25, -0.2) is 0 Å². The Morgan fingerprint density at radius 3 is 2.82 bits per heavy atom. The summed E-state index contributed by atoms with van der Waals surface area (Å²) in [6.07, 6.45) is 6.33. The van der Waals surface area contributed by atoms with Crippen LogP contribution in [-0.4, -0.2) is 28.7 Å². The topological polar surface area (TPSA) is 32.3 Å². The molecule has 1 aliphatic heterocycles. The number of rotatable bonds is 3. The molecular weight excluding hydrogens is 340 g/mol. The van der Waals surface area contributed by atoms with E-state index < -0.39 is 0 Å². The molecule has 3 nitrogen and oxygen atoms in total. The number of carbonyl (C=O) groups excluding carboxylic acids is 1. The van der Waals surface area contributed by atoms with E-state index in [4.69, 9.17) is 0 Å². The molecule has 1 saturated heterocycles. The minimum absolute atomic E-state index is 0.0806. The average molecular weight is 361 g/mol. The van der Waals surface area contributed by atoms with Crippen molar-refractivity contribution in [3.05, 3.63) is 59.3 Å². The van der Waals surface area contributed by atoms with Gasteiger partial charge in [-0.15, -0.1) is 0 Å². The second-order valence-corrected chi connectivity index (χ2v) is 7.00. The van der Waals surface area contributed by atoms with Crippen LogP contribution in [0.25, 0.3) is 0 Å². The summed E-state index contributed by atoms with van der Waals surface area (Å²) >= 11 is 3.70. The van der Waals surface area contributed by atoms with Crippen LogP contribution in [0.2, 0.25) is 0 Å². The first kappa shape index (κ1) is 15.5. The monoisotopic (exact) mass is 360 g/mol. The summed E-state index contributed by atoms with van der Waals surface area (Å²) in [6, 6.07) is 10.6. The summed E-state index contributed by atoms with van der Waals surface area (Å²) in [4.78, 5) is 14.9. The van der Waals surface area contributed by atoms with Crippen LogP contribution in [0.5, 0.6) is 0 Å². The van der Waals surface area contributed by atoms with Crippen LogP contribution in [0.3, 0.4) is 0 Å². The molecular formula is C18H21BrN2O. The fraction of sp³-hybridized carbons (Fsp3) is 0.389. The van der Waals surface area contributed by atoms with Crippen molar-refractivity contribution >= 4 is 21.8 Å². The van der Waals surface area contributed by atoms with Gasteiger partial charge in [-0.3, -0.25) is 9.69 Å². The molecule has 4 heteroatoms. The van der Waals surface area contributed by atoms with Gasteiger partial charge in [0, 0.05) is 10.5 Å². The van der Waals surface area contributed by atoms with E-state index in [-0.39, 0.29) is 11.9 Å². The zero-order valence-electron chi connectivity index (χ0n) is 12.8. The van der Waals surface area contributed by atoms with E-state index in [1.807, 2.05) is 6.07 Å². The maximum absolute atomic E-state index is 12.2. The summed E-state index contributed by atoms with van der Waals surface area (Å²) < 4.78 is 0. The van der Waals surface area contributed by atoms with Gasteiger partial charge in [0.1, 0.15) is 0 Å². The van der Waals surface area contributed by atoms with Crippen molar-refractivity contribution < 1.29 is 4.79 Å². The Hall–Kier alpha value is -1.39. The molecule has 1 fully saturated rings. The fourth-order valence-corrected chi connectivity index (χ4v) is 3.72. The van der Waals surface area contributed by atoms with Crippen LogP contribution >= 0.6 is 15.9 Å². The average Bonchev–Trinajstić information content (AvgIpc) is 2.64. The van der Waals surface area contributed by atoms with Crippen LogP contribution < -0.4 is 5.32 Å². The van der Waals surface area contributed by atoms with Crippen LogP contribution in [0.1, 0.15) is 31.4 Å². The predicted octanol–water partition coefficient (Wildman–Crippen LogP) is 3.55. The zero-order valence-corrected chi connectivity index (χ0v) is 14.3. The normalized spacial score (nSPS) is 25.6. The van der Waals surface area contributed by atoms with Crippen LogP contribution in [-0.2, 0) is 4.79 Å². The summed E-state index contributed by atoms with van der Waals surface area (Å²) in [5.41, 5.74) is 3.43. The Morgan fingerprint density at radius 2 is 2.09 bits per heavy atom. The molecule has 0 saturated carbocycles. The third kappa shape index (κ3) is 3.18. The first-order chi connectivity index (χ1) is 10.7. The molecule has 1 aliphatic carbocycles. The Kier molecular flexibility index (Phi) is 4.79. The molecule has 116 valence electrons. The number of amides is 1. The lowest BCUT2D eigenvalue weighted by Crippen LogP contribution is -2.35. The van der Waals surface area contributed by atoms with Crippen molar-refractivity contribution in [1.29, 1.82) is 0 Å². The fourth-order valence-electron chi connectivity index (χ4n) is 3.25. The van der Waals surface area contributed by atoms with E-state index in [0.717, 1.165) is 25.1 Å². The Balaban J connectivity index is 2.08. The highest BCUT2D eigenvalue weighted by Crippen LogP contribution is 2.37. The largest absolute Gasteiger partial charge is 0.325 e. The van der Waals surface area contributed by atoms with Gasteiger partial charge in [0.25, 0.3) is 0 Å². The third-order valence-electron chi connectivity index (χ3n) is 4.13. The van der Waals surface area contributed by atoms with E-state index in [2.05, 4.69) is 69.5 Å². The molecule has 2 aliphatic rings. The molecule has 1 heterocycles. The Morgan fingerprint density at radius 1 is 1.32 bits per heavy atom. The smallest absolute Gasteiger partial charge is 0.238 e. The van der Waals surface area contributed by atoms with Crippen molar-refractivity contribution in [2.75, 3.05) is 13.1 Å². The first-order valence-corrected chi connectivity index (χ1v) is 8.75. The number of allylic oxidation sites excluding steroid dienone is 2. The predicted molar refractivity (Wildman–Crippen MR) is 92.7 cm³/mol. The zero-order chi connectivity index (χ0) is 15.5. The van der Waals surface area contributed by atoms with Gasteiger partial charge in [0.05, 0.1) is 12.6 Å². The number of nitrogens with one attached hydrogen (secondary N) is 1. The highest BCUT2D eigenvalue weighted by molar-refractivity contribution is 9.09. The maximum atomic E-state index is 12.2. The lowest BCUT2D eigenvalue weighted by molar-refractivity contribution is -0.121. The molecule has 1 amide bonds. The summed E-state index contributed by atoms with van der Waals surface area (Å²) in [7, 11) is 0. The molecule has 0 bridgehead atoms. The second kappa shape index (κ2) is 6.80. The van der Waals surface area contributed by atoms with Gasteiger partial charge < -0.3 is 5.32 Å². The number of fused-ring (bicyclic) bond motifs is 1. The SMILES string of the molecule is CCCN1CC(=O)NC2=CCC(Br)C=C2C1c1ccccc1. The van der Waals surface area contributed by atoms with Crippen molar-refractivity contribution in [3.8, 4) is 0 Å². The number of alkyl halides is 1. The molecule has 1 N–H and O–H groups in total. The Labute approximate surface area is 140 Å². The molecule has 1 aromatic carbocycles. The highest BCUT2D eigenvalue weighted by atomic mass is 79.9. The van der Waals surface area contributed by atoms with E-state index in [1.54, 1.807) is 0 Å². The van der Waals surface area contributed by atoms with Gasteiger partial charge in [-0.2, -0.15) is 0 Å². The molecule has 0 spiro atoms. The third-order valence-corrected chi connectivity index (χ3v) is 4.76. The van der Waals surface area contributed by atoms with E-state index in [0.29, 0.717) is 11.4 Å². The minimum atomic E-state index is 0.0806. The molecule has 1 aromatic rings. The number of hydrogen-bond acceptors (Lipinski definition) is 2. The van der Waals surface area contributed by atoms with E-state index in [9.17, 15) is 4.79 Å². The lowest BCUT2D eigenvalue weighted by Gasteiger charge is -2.32. The van der Waals surface area contributed by atoms with Crippen LogP contribution in [0.4, 0.5) is 0 Å². The summed E-state index contributed by atoms with van der Waals surface area (Å²) in [5, 5.41) is 3.08. The van der Waals surface area contributed by atoms with Crippen molar-refractivity contribution in [3.63, 3.8) is 0 Å². The molecule has 0 radical (unpaired) electrons. The van der Waals surface area contributed by atoms with Crippen LogP contribution in [0.15, 0.2) is 53.8 Å². The standard InChI is InChI=1S/C18H21BrN2O/c1-2-10-21-12-17(22)20-16-9-8-14(19)11-15(16)18(21)13-6-4-3-5-7-13/h3-7,9,11,14,18H,2,8,10,12H2,1H3,(H,20,22). The number of halogens is 1. The van der Waals surface area contributed by atoms with E-state index >= 15 is 0 Å². The molecule has 2 atom stereocenters.